The van der Waals surface area contributed by atoms with Gasteiger partial charge in [-0.25, -0.2) is 9.67 Å². The number of aliphatic hydroxyl groups is 1. The Morgan fingerprint density at radius 1 is 1.05 bits per heavy atom. The van der Waals surface area contributed by atoms with Gasteiger partial charge in [0.05, 0.1) is 41.4 Å². The summed E-state index contributed by atoms with van der Waals surface area (Å²) in [6.45, 7) is 17.8. The van der Waals surface area contributed by atoms with Gasteiger partial charge in [0, 0.05) is 28.9 Å². The molecule has 3 heterocycles. The SMILES string of the molecule is CC(C)(C)[S@@+]([O-])N[C@H](c1cccc(-c2ccc3cnn(-c4cccc(CO[Si](C)(C)C(C)(C)C)n4)c3c2)n1)C1CC(CO)C1. The molecular formula is C34H47N5O3SSi. The van der Waals surface area contributed by atoms with Crippen LogP contribution in [0.2, 0.25) is 18.1 Å². The van der Waals surface area contributed by atoms with Gasteiger partial charge in [-0.1, -0.05) is 45.0 Å². The molecule has 1 fully saturated rings. The van der Waals surface area contributed by atoms with Gasteiger partial charge in [0.1, 0.15) is 4.75 Å². The van der Waals surface area contributed by atoms with Gasteiger partial charge in [0.2, 0.25) is 0 Å². The molecule has 0 amide bonds. The van der Waals surface area contributed by atoms with Crippen LogP contribution < -0.4 is 4.72 Å². The lowest BCUT2D eigenvalue weighted by Gasteiger charge is -2.40. The van der Waals surface area contributed by atoms with E-state index in [9.17, 15) is 9.66 Å². The number of aromatic nitrogens is 4. The third-order valence-electron chi connectivity index (χ3n) is 9.14. The Morgan fingerprint density at radius 2 is 1.77 bits per heavy atom. The molecule has 44 heavy (non-hydrogen) atoms. The number of nitrogens with zero attached hydrogens (tertiary/aromatic N) is 4. The maximum Gasteiger partial charge on any atom is 0.192 e. The van der Waals surface area contributed by atoms with Crippen LogP contribution in [0.4, 0.5) is 0 Å². The van der Waals surface area contributed by atoms with Gasteiger partial charge >= 0.3 is 0 Å². The van der Waals surface area contributed by atoms with Crippen molar-refractivity contribution < 1.29 is 14.1 Å². The molecule has 5 rings (SSSR count). The van der Waals surface area contributed by atoms with Crippen LogP contribution in [-0.2, 0) is 22.4 Å². The summed E-state index contributed by atoms with van der Waals surface area (Å²) in [5, 5.41) is 15.5. The number of benzene rings is 1. The van der Waals surface area contributed by atoms with Crippen LogP contribution in [0.15, 0.2) is 60.8 Å². The van der Waals surface area contributed by atoms with Crippen molar-refractivity contribution in [2.45, 2.75) is 89.9 Å². The van der Waals surface area contributed by atoms with Crippen LogP contribution in [0.3, 0.4) is 0 Å². The zero-order valence-electron chi connectivity index (χ0n) is 27.3. The van der Waals surface area contributed by atoms with Crippen molar-refractivity contribution in [3.05, 3.63) is 72.2 Å². The lowest BCUT2D eigenvalue weighted by Crippen LogP contribution is -2.46. The summed E-state index contributed by atoms with van der Waals surface area (Å²) in [6, 6.07) is 18.1. The van der Waals surface area contributed by atoms with E-state index in [1.54, 1.807) is 0 Å². The molecule has 0 saturated heterocycles. The quantitative estimate of drug-likeness (QED) is 0.141. The third-order valence-corrected chi connectivity index (χ3v) is 15.2. The standard InChI is InChI=1S/C34H47N5O3SSi/c1-33(2,3)43(41)38-32(26-17-23(18-26)21-40)29-13-10-12-28(37-29)24-15-16-25-20-35-39(30(25)19-24)31-14-9-11-27(36-31)22-42-44(7,8)34(4,5)6/h9-16,19-20,23,26,32,38,40H,17-18,21-22H2,1-8H3/t23?,26?,32-,43+/m0/s1. The molecule has 1 aromatic carbocycles. The Morgan fingerprint density at radius 3 is 2.45 bits per heavy atom. The molecule has 2 atom stereocenters. The average Bonchev–Trinajstić information content (AvgIpc) is 3.37. The summed E-state index contributed by atoms with van der Waals surface area (Å²) in [5.74, 6) is 1.31. The molecule has 1 saturated carbocycles. The van der Waals surface area contributed by atoms with E-state index in [1.807, 2.05) is 68.0 Å². The first-order valence-electron chi connectivity index (χ1n) is 15.5. The van der Waals surface area contributed by atoms with E-state index >= 15 is 0 Å². The predicted octanol–water partition coefficient (Wildman–Crippen LogP) is 7.12. The fourth-order valence-electron chi connectivity index (χ4n) is 5.18. The topological polar surface area (TPSA) is 108 Å². The molecule has 0 unspecified atom stereocenters. The first-order chi connectivity index (χ1) is 20.7. The van der Waals surface area contributed by atoms with Crippen molar-refractivity contribution in [1.29, 1.82) is 0 Å². The summed E-state index contributed by atoms with van der Waals surface area (Å²) < 4.78 is 24.4. The number of aliphatic hydroxyl groups excluding tert-OH is 1. The molecule has 0 radical (unpaired) electrons. The number of rotatable bonds is 10. The van der Waals surface area contributed by atoms with Gasteiger partial charge < -0.3 is 14.1 Å². The van der Waals surface area contributed by atoms with Crippen LogP contribution in [0.5, 0.6) is 0 Å². The molecule has 4 aromatic rings. The van der Waals surface area contributed by atoms with E-state index in [2.05, 4.69) is 61.9 Å². The zero-order valence-corrected chi connectivity index (χ0v) is 29.1. The maximum absolute atomic E-state index is 13.1. The Hall–Kier alpha value is -2.60. The molecule has 236 valence electrons. The van der Waals surface area contributed by atoms with Crippen molar-refractivity contribution in [2.75, 3.05) is 6.61 Å². The van der Waals surface area contributed by atoms with Gasteiger partial charge in [0.25, 0.3) is 0 Å². The third kappa shape index (κ3) is 7.11. The number of hydrogen-bond acceptors (Lipinski definition) is 7. The fraction of sp³-hybridized carbons (Fsp3) is 0.500. The highest BCUT2D eigenvalue weighted by atomic mass is 32.2. The average molecular weight is 634 g/mol. The van der Waals surface area contributed by atoms with Gasteiger partial charge in [-0.15, -0.1) is 4.72 Å². The fourth-order valence-corrected chi connectivity index (χ4v) is 7.02. The van der Waals surface area contributed by atoms with Crippen LogP contribution >= 0.6 is 0 Å². The summed E-state index contributed by atoms with van der Waals surface area (Å²) in [4.78, 5) is 10.0. The molecule has 2 N–H and O–H groups in total. The lowest BCUT2D eigenvalue weighted by molar-refractivity contribution is 0.0866. The Balaban J connectivity index is 1.43. The van der Waals surface area contributed by atoms with Gasteiger partial charge in [-0.3, -0.25) is 4.98 Å². The van der Waals surface area contributed by atoms with Crippen LogP contribution in [0.25, 0.3) is 28.0 Å². The second kappa shape index (κ2) is 12.7. The minimum Gasteiger partial charge on any atom is -0.598 e. The summed E-state index contributed by atoms with van der Waals surface area (Å²) in [6.07, 6.45) is 3.64. The van der Waals surface area contributed by atoms with Crippen LogP contribution in [0, 0.1) is 11.8 Å². The number of nitrogens with one attached hydrogen (secondary N) is 1. The van der Waals surface area contributed by atoms with E-state index in [0.29, 0.717) is 12.5 Å². The molecule has 3 aromatic heterocycles. The van der Waals surface area contributed by atoms with E-state index in [-0.39, 0.29) is 23.6 Å². The number of fused-ring (bicyclic) bond motifs is 1. The van der Waals surface area contributed by atoms with Crippen LogP contribution in [-0.4, -0.2) is 49.1 Å². The second-order valence-electron chi connectivity index (χ2n) is 14.6. The Labute approximate surface area is 266 Å². The molecule has 8 nitrogen and oxygen atoms in total. The first kappa shape index (κ1) is 32.8. The molecule has 1 aliphatic rings. The Bertz CT molecular complexity index is 1590. The smallest absolute Gasteiger partial charge is 0.192 e. The van der Waals surface area contributed by atoms with Gasteiger partial charge in [-0.05, 0) is 93.9 Å². The maximum atomic E-state index is 13.1. The minimum absolute atomic E-state index is 0.129. The van der Waals surface area contributed by atoms with E-state index in [0.717, 1.165) is 52.2 Å². The molecule has 0 spiro atoms. The normalized spacial score (nSPS) is 19.1. The molecular weight excluding hydrogens is 587 g/mol. The minimum atomic E-state index is -1.91. The predicted molar refractivity (Wildman–Crippen MR) is 181 cm³/mol. The largest absolute Gasteiger partial charge is 0.598 e. The highest BCUT2D eigenvalue weighted by molar-refractivity contribution is 7.90. The highest BCUT2D eigenvalue weighted by Crippen LogP contribution is 2.43. The van der Waals surface area contributed by atoms with Gasteiger partial charge in [0.15, 0.2) is 14.1 Å². The molecule has 1 aliphatic carbocycles. The molecule has 10 heteroatoms. The summed E-state index contributed by atoms with van der Waals surface area (Å²) >= 11 is -1.25. The summed E-state index contributed by atoms with van der Waals surface area (Å²) in [5.41, 5.74) is 4.50. The Kier molecular flexibility index (Phi) is 9.43. The van der Waals surface area contributed by atoms with E-state index in [4.69, 9.17) is 14.4 Å². The second-order valence-corrected chi connectivity index (χ2v) is 21.4. The lowest BCUT2D eigenvalue weighted by atomic mass is 9.71. The molecule has 0 bridgehead atoms. The number of pyridine rings is 2. The zero-order chi connectivity index (χ0) is 31.9. The van der Waals surface area contributed by atoms with Crippen molar-refractivity contribution >= 4 is 30.6 Å². The van der Waals surface area contributed by atoms with Crippen molar-refractivity contribution in [2.24, 2.45) is 11.8 Å². The van der Waals surface area contributed by atoms with E-state index < -0.39 is 24.4 Å². The summed E-state index contributed by atoms with van der Waals surface area (Å²) in [7, 11) is -1.91. The van der Waals surface area contributed by atoms with E-state index in [1.165, 1.54) is 0 Å². The van der Waals surface area contributed by atoms with Crippen molar-refractivity contribution in [1.82, 2.24) is 24.5 Å². The highest BCUT2D eigenvalue weighted by Gasteiger charge is 2.40. The van der Waals surface area contributed by atoms with Gasteiger partial charge in [-0.2, -0.15) is 5.10 Å². The van der Waals surface area contributed by atoms with Crippen LogP contribution in [0.1, 0.15) is 71.8 Å². The molecule has 0 aliphatic heterocycles. The van der Waals surface area contributed by atoms with Crippen molar-refractivity contribution in [3.8, 4) is 17.1 Å². The monoisotopic (exact) mass is 633 g/mol. The number of hydrogen-bond donors (Lipinski definition) is 2. The first-order valence-corrected chi connectivity index (χ1v) is 19.6. The van der Waals surface area contributed by atoms with Crippen molar-refractivity contribution in [3.63, 3.8) is 0 Å².